The van der Waals surface area contributed by atoms with E-state index in [2.05, 4.69) is 39.8 Å². The molecule has 1 unspecified atom stereocenters. The molecule has 1 heteroatoms. The molecule has 2 rings (SSSR count). The highest BCUT2D eigenvalue weighted by atomic mass is 14.7. The number of benzene rings is 1. The molecule has 1 aromatic carbocycles. The number of rotatable bonds is 3. The van der Waals surface area contributed by atoms with E-state index in [0.29, 0.717) is 5.92 Å². The van der Waals surface area contributed by atoms with Crippen LogP contribution in [0.5, 0.6) is 0 Å². The van der Waals surface area contributed by atoms with E-state index in [0.717, 1.165) is 5.92 Å². The normalized spacial score (nSPS) is 25.3. The zero-order valence-corrected chi connectivity index (χ0v) is 13.0. The van der Waals surface area contributed by atoms with Crippen LogP contribution in [0.15, 0.2) is 12.1 Å². The molecular weight excluding hydrogens is 230 g/mol. The molecule has 1 aromatic rings. The van der Waals surface area contributed by atoms with Crippen LogP contribution in [0.1, 0.15) is 67.3 Å². The van der Waals surface area contributed by atoms with Crippen LogP contribution in [0.2, 0.25) is 0 Å². The van der Waals surface area contributed by atoms with Crippen LogP contribution < -0.4 is 5.73 Å². The van der Waals surface area contributed by atoms with Gasteiger partial charge in [-0.1, -0.05) is 38.3 Å². The molecule has 0 saturated heterocycles. The highest BCUT2D eigenvalue weighted by molar-refractivity contribution is 5.38. The highest BCUT2D eigenvalue weighted by Crippen LogP contribution is 2.37. The molecular formula is C18H29N. The standard InChI is InChI=1S/C18H29N/c1-5-15-6-8-16(9-7-15)18(19)17-11-13(3)12(2)10-14(17)4/h10-11,15-16,18H,5-9,19H2,1-4H3. The van der Waals surface area contributed by atoms with E-state index in [9.17, 15) is 0 Å². The molecule has 106 valence electrons. The first-order valence-corrected chi connectivity index (χ1v) is 7.86. The van der Waals surface area contributed by atoms with Crippen LogP contribution in [0.3, 0.4) is 0 Å². The third-order valence-corrected chi connectivity index (χ3v) is 5.22. The average molecular weight is 259 g/mol. The van der Waals surface area contributed by atoms with E-state index in [4.69, 9.17) is 5.73 Å². The fourth-order valence-corrected chi connectivity index (χ4v) is 3.55. The predicted octanol–water partition coefficient (Wildman–Crippen LogP) is 4.83. The Hall–Kier alpha value is -0.820. The summed E-state index contributed by atoms with van der Waals surface area (Å²) < 4.78 is 0. The molecule has 1 aliphatic rings. The minimum Gasteiger partial charge on any atom is -0.324 e. The van der Waals surface area contributed by atoms with Gasteiger partial charge in [-0.2, -0.15) is 0 Å². The summed E-state index contributed by atoms with van der Waals surface area (Å²) in [6, 6.07) is 4.85. The van der Waals surface area contributed by atoms with Crippen molar-refractivity contribution in [2.24, 2.45) is 17.6 Å². The van der Waals surface area contributed by atoms with Gasteiger partial charge in [-0.05, 0) is 67.7 Å². The van der Waals surface area contributed by atoms with Crippen molar-refractivity contribution < 1.29 is 0 Å². The largest absolute Gasteiger partial charge is 0.324 e. The van der Waals surface area contributed by atoms with Gasteiger partial charge >= 0.3 is 0 Å². The van der Waals surface area contributed by atoms with Crippen molar-refractivity contribution in [3.05, 3.63) is 34.4 Å². The smallest absolute Gasteiger partial charge is 0.0326 e. The fraction of sp³-hybridized carbons (Fsp3) is 0.667. The molecule has 0 spiro atoms. The van der Waals surface area contributed by atoms with Gasteiger partial charge in [0.15, 0.2) is 0 Å². The maximum Gasteiger partial charge on any atom is 0.0326 e. The van der Waals surface area contributed by atoms with E-state index < -0.39 is 0 Å². The average Bonchev–Trinajstić information content (AvgIpc) is 2.42. The molecule has 0 heterocycles. The summed E-state index contributed by atoms with van der Waals surface area (Å²) >= 11 is 0. The van der Waals surface area contributed by atoms with Gasteiger partial charge in [0.05, 0.1) is 0 Å². The quantitative estimate of drug-likeness (QED) is 0.826. The van der Waals surface area contributed by atoms with Gasteiger partial charge in [0.1, 0.15) is 0 Å². The number of aryl methyl sites for hydroxylation is 3. The Labute approximate surface area is 118 Å². The van der Waals surface area contributed by atoms with Crippen LogP contribution >= 0.6 is 0 Å². The molecule has 1 aliphatic carbocycles. The Morgan fingerprint density at radius 1 is 1.00 bits per heavy atom. The predicted molar refractivity (Wildman–Crippen MR) is 83.3 cm³/mol. The molecule has 1 atom stereocenters. The summed E-state index contributed by atoms with van der Waals surface area (Å²) in [5.41, 5.74) is 12.1. The number of nitrogens with two attached hydrogens (primary N) is 1. The third kappa shape index (κ3) is 3.20. The van der Waals surface area contributed by atoms with Crippen molar-refractivity contribution in [3.8, 4) is 0 Å². The lowest BCUT2D eigenvalue weighted by Crippen LogP contribution is -2.26. The molecule has 0 radical (unpaired) electrons. The Balaban J connectivity index is 2.12. The lowest BCUT2D eigenvalue weighted by atomic mass is 9.75. The Kier molecular flexibility index (Phi) is 4.67. The van der Waals surface area contributed by atoms with E-state index in [1.165, 1.54) is 54.4 Å². The van der Waals surface area contributed by atoms with Crippen molar-refractivity contribution in [1.29, 1.82) is 0 Å². The van der Waals surface area contributed by atoms with E-state index in [-0.39, 0.29) is 6.04 Å². The second kappa shape index (κ2) is 6.09. The third-order valence-electron chi connectivity index (χ3n) is 5.22. The minimum absolute atomic E-state index is 0.233. The summed E-state index contributed by atoms with van der Waals surface area (Å²) in [6.45, 7) is 8.90. The Morgan fingerprint density at radius 3 is 2.16 bits per heavy atom. The second-order valence-electron chi connectivity index (χ2n) is 6.51. The fourth-order valence-electron chi connectivity index (χ4n) is 3.55. The first-order valence-electron chi connectivity index (χ1n) is 7.86. The summed E-state index contributed by atoms with van der Waals surface area (Å²) in [5, 5.41) is 0. The van der Waals surface area contributed by atoms with Gasteiger partial charge < -0.3 is 5.73 Å². The zero-order chi connectivity index (χ0) is 14.0. The van der Waals surface area contributed by atoms with Crippen LogP contribution in [0.25, 0.3) is 0 Å². The maximum absolute atomic E-state index is 6.58. The van der Waals surface area contributed by atoms with Crippen molar-refractivity contribution in [3.63, 3.8) is 0 Å². The van der Waals surface area contributed by atoms with Crippen molar-refractivity contribution in [1.82, 2.24) is 0 Å². The summed E-state index contributed by atoms with van der Waals surface area (Å²) in [7, 11) is 0. The van der Waals surface area contributed by atoms with Crippen molar-refractivity contribution in [2.75, 3.05) is 0 Å². The van der Waals surface area contributed by atoms with Gasteiger partial charge in [-0.15, -0.1) is 0 Å². The Bertz CT molecular complexity index is 428. The van der Waals surface area contributed by atoms with Crippen molar-refractivity contribution in [2.45, 2.75) is 65.8 Å². The lowest BCUT2D eigenvalue weighted by molar-refractivity contribution is 0.239. The van der Waals surface area contributed by atoms with Gasteiger partial charge in [0.2, 0.25) is 0 Å². The van der Waals surface area contributed by atoms with Gasteiger partial charge in [0.25, 0.3) is 0 Å². The molecule has 1 saturated carbocycles. The van der Waals surface area contributed by atoms with Gasteiger partial charge in [0, 0.05) is 6.04 Å². The highest BCUT2D eigenvalue weighted by Gasteiger charge is 2.26. The van der Waals surface area contributed by atoms with Gasteiger partial charge in [-0.25, -0.2) is 0 Å². The SMILES string of the molecule is CCC1CCC(C(N)c2cc(C)c(C)cc2C)CC1. The number of hydrogen-bond acceptors (Lipinski definition) is 1. The molecule has 2 N–H and O–H groups in total. The maximum atomic E-state index is 6.58. The summed E-state index contributed by atoms with van der Waals surface area (Å²) in [6.07, 6.45) is 6.71. The van der Waals surface area contributed by atoms with Crippen LogP contribution in [0, 0.1) is 32.6 Å². The first kappa shape index (κ1) is 14.6. The summed E-state index contributed by atoms with van der Waals surface area (Å²) in [4.78, 5) is 0. The molecule has 0 amide bonds. The monoisotopic (exact) mass is 259 g/mol. The van der Waals surface area contributed by atoms with Crippen LogP contribution in [-0.2, 0) is 0 Å². The number of hydrogen-bond donors (Lipinski definition) is 1. The second-order valence-corrected chi connectivity index (χ2v) is 6.51. The zero-order valence-electron chi connectivity index (χ0n) is 13.0. The Morgan fingerprint density at radius 2 is 1.58 bits per heavy atom. The van der Waals surface area contributed by atoms with Gasteiger partial charge in [-0.3, -0.25) is 0 Å². The molecule has 0 bridgehead atoms. The van der Waals surface area contributed by atoms with Crippen LogP contribution in [-0.4, -0.2) is 0 Å². The van der Waals surface area contributed by atoms with E-state index in [1.54, 1.807) is 0 Å². The molecule has 1 nitrogen and oxygen atoms in total. The molecule has 1 fully saturated rings. The van der Waals surface area contributed by atoms with E-state index >= 15 is 0 Å². The van der Waals surface area contributed by atoms with E-state index in [1.807, 2.05) is 0 Å². The molecule has 0 aromatic heterocycles. The summed E-state index contributed by atoms with van der Waals surface area (Å²) in [5.74, 6) is 1.63. The lowest BCUT2D eigenvalue weighted by Gasteiger charge is -2.32. The van der Waals surface area contributed by atoms with Crippen LogP contribution in [0.4, 0.5) is 0 Å². The molecule has 19 heavy (non-hydrogen) atoms. The minimum atomic E-state index is 0.233. The topological polar surface area (TPSA) is 26.0 Å². The van der Waals surface area contributed by atoms with Crippen molar-refractivity contribution >= 4 is 0 Å². The molecule has 0 aliphatic heterocycles. The first-order chi connectivity index (χ1) is 9.02.